The Kier molecular flexibility index (Phi) is 4.53. The number of aliphatic hydroxyl groups is 1. The van der Waals surface area contributed by atoms with Crippen molar-refractivity contribution in [2.24, 2.45) is 11.8 Å². The molecule has 25 heavy (non-hydrogen) atoms. The Morgan fingerprint density at radius 3 is 2.04 bits per heavy atom. The van der Waals surface area contributed by atoms with E-state index >= 15 is 0 Å². The fourth-order valence-electron chi connectivity index (χ4n) is 4.90. The number of piperidine rings is 1. The molecule has 1 fully saturated rings. The average molecular weight is 337 g/mol. The highest BCUT2D eigenvalue weighted by Gasteiger charge is 2.27. The summed E-state index contributed by atoms with van der Waals surface area (Å²) in [5, 5.41) is 13.4. The monoisotopic (exact) mass is 337 g/mol. The normalized spacial score (nSPS) is 25.5. The highest BCUT2D eigenvalue weighted by atomic mass is 16.3. The number of likely N-dealkylation sites (tertiary alicyclic amines) is 1. The molecule has 4 rings (SSSR count). The quantitative estimate of drug-likeness (QED) is 0.753. The summed E-state index contributed by atoms with van der Waals surface area (Å²) in [6.07, 6.45) is 1.01. The van der Waals surface area contributed by atoms with Gasteiger partial charge in [0.2, 0.25) is 0 Å². The molecule has 2 aromatic carbocycles. The van der Waals surface area contributed by atoms with Gasteiger partial charge in [-0.05, 0) is 18.6 Å². The van der Waals surface area contributed by atoms with Crippen LogP contribution in [0.2, 0.25) is 0 Å². The number of hydrogen-bond donors (Lipinski definition) is 2. The smallest absolute Gasteiger partial charge is 0.121 e. The van der Waals surface area contributed by atoms with E-state index in [0.717, 1.165) is 18.4 Å². The first-order chi connectivity index (χ1) is 12.1. The minimum absolute atomic E-state index is 0.313. The van der Waals surface area contributed by atoms with Gasteiger partial charge >= 0.3 is 0 Å². The van der Waals surface area contributed by atoms with E-state index < -0.39 is 0 Å². The second-order valence-electron chi connectivity index (χ2n) is 8.11. The number of hydrogen-bond acceptors (Lipinski definition) is 1. The zero-order valence-electron chi connectivity index (χ0n) is 15.3. The molecule has 0 spiro atoms. The minimum atomic E-state index is -0.313. The van der Waals surface area contributed by atoms with Gasteiger partial charge in [-0.25, -0.2) is 0 Å². The lowest BCUT2D eigenvalue weighted by Gasteiger charge is -2.33. The molecule has 3 aromatic rings. The number of aromatic nitrogens is 1. The number of quaternary nitrogens is 1. The lowest BCUT2D eigenvalue weighted by atomic mass is 9.92. The summed E-state index contributed by atoms with van der Waals surface area (Å²) in [6.45, 7) is 8.57. The summed E-state index contributed by atoms with van der Waals surface area (Å²) in [7, 11) is 0. The molecule has 1 saturated heterocycles. The predicted molar refractivity (Wildman–Crippen MR) is 104 cm³/mol. The van der Waals surface area contributed by atoms with Crippen LogP contribution in [-0.4, -0.2) is 35.4 Å². The van der Waals surface area contributed by atoms with Crippen LogP contribution in [0, 0.1) is 11.8 Å². The van der Waals surface area contributed by atoms with Crippen molar-refractivity contribution in [3.05, 3.63) is 48.5 Å². The molecule has 2 heterocycles. The third-order valence-corrected chi connectivity index (χ3v) is 5.68. The van der Waals surface area contributed by atoms with Gasteiger partial charge in [0.25, 0.3) is 0 Å². The lowest BCUT2D eigenvalue weighted by molar-refractivity contribution is -0.915. The third-order valence-electron chi connectivity index (χ3n) is 5.68. The Hall–Kier alpha value is -1.84. The van der Waals surface area contributed by atoms with Gasteiger partial charge in [-0.1, -0.05) is 50.2 Å². The van der Waals surface area contributed by atoms with Crippen molar-refractivity contribution in [1.29, 1.82) is 0 Å². The molecule has 1 aromatic heterocycles. The van der Waals surface area contributed by atoms with Crippen LogP contribution >= 0.6 is 0 Å². The van der Waals surface area contributed by atoms with E-state index in [9.17, 15) is 5.11 Å². The molecule has 4 atom stereocenters. The molecule has 2 N–H and O–H groups in total. The molecule has 0 bridgehead atoms. The summed E-state index contributed by atoms with van der Waals surface area (Å²) in [5.41, 5.74) is 2.44. The maximum Gasteiger partial charge on any atom is 0.121 e. The number of nitrogens with one attached hydrogen (secondary N) is 1. The van der Waals surface area contributed by atoms with Gasteiger partial charge < -0.3 is 14.6 Å². The summed E-state index contributed by atoms with van der Waals surface area (Å²) in [5.74, 6) is 1.53. The van der Waals surface area contributed by atoms with Gasteiger partial charge in [0, 0.05) is 33.6 Å². The van der Waals surface area contributed by atoms with E-state index in [1.807, 2.05) is 0 Å². The van der Waals surface area contributed by atoms with Crippen LogP contribution < -0.4 is 4.90 Å². The molecule has 132 valence electrons. The van der Waals surface area contributed by atoms with E-state index in [2.05, 4.69) is 66.9 Å². The molecule has 0 aliphatic carbocycles. The summed E-state index contributed by atoms with van der Waals surface area (Å²) in [4.78, 5) is 1.56. The first kappa shape index (κ1) is 16.6. The van der Waals surface area contributed by atoms with Crippen molar-refractivity contribution in [2.75, 3.05) is 19.6 Å². The highest BCUT2D eigenvalue weighted by molar-refractivity contribution is 6.07. The largest absolute Gasteiger partial charge is 0.385 e. The second kappa shape index (κ2) is 6.81. The first-order valence-electron chi connectivity index (χ1n) is 9.59. The standard InChI is InChI=1S/C22H28N2O/c1-16-11-17(2)13-23(12-16)14-18(25)15-24-21-9-5-3-7-19(21)20-8-4-6-10-22(20)24/h3-10,16-18,25H,11-15H2,1-2H3/p+1/t16-,17+,18-/m0/s1. The Bertz CT molecular complexity index is 805. The van der Waals surface area contributed by atoms with Crippen molar-refractivity contribution in [3.63, 3.8) is 0 Å². The zero-order chi connectivity index (χ0) is 17.4. The van der Waals surface area contributed by atoms with Crippen LogP contribution in [0.4, 0.5) is 0 Å². The van der Waals surface area contributed by atoms with Crippen molar-refractivity contribution in [2.45, 2.75) is 32.9 Å². The topological polar surface area (TPSA) is 29.6 Å². The van der Waals surface area contributed by atoms with E-state index in [-0.39, 0.29) is 6.10 Å². The van der Waals surface area contributed by atoms with Crippen LogP contribution in [0.25, 0.3) is 21.8 Å². The van der Waals surface area contributed by atoms with Crippen molar-refractivity contribution < 1.29 is 10.0 Å². The fourth-order valence-corrected chi connectivity index (χ4v) is 4.90. The molecule has 1 aliphatic heterocycles. The maximum atomic E-state index is 10.8. The summed E-state index contributed by atoms with van der Waals surface area (Å²) in [6, 6.07) is 17.1. The number of benzene rings is 2. The predicted octanol–water partition coefficient (Wildman–Crippen LogP) is 2.72. The summed E-state index contributed by atoms with van der Waals surface area (Å²) < 4.78 is 2.30. The van der Waals surface area contributed by atoms with E-state index in [1.54, 1.807) is 4.90 Å². The van der Waals surface area contributed by atoms with Crippen molar-refractivity contribution in [3.8, 4) is 0 Å². The van der Waals surface area contributed by atoms with E-state index in [4.69, 9.17) is 0 Å². The minimum Gasteiger partial charge on any atom is -0.385 e. The van der Waals surface area contributed by atoms with Gasteiger partial charge in [0.15, 0.2) is 0 Å². The van der Waals surface area contributed by atoms with Gasteiger partial charge in [-0.15, -0.1) is 0 Å². The second-order valence-corrected chi connectivity index (χ2v) is 8.11. The summed E-state index contributed by atoms with van der Waals surface area (Å²) >= 11 is 0. The molecule has 0 amide bonds. The van der Waals surface area contributed by atoms with Crippen LogP contribution in [0.3, 0.4) is 0 Å². The maximum absolute atomic E-state index is 10.8. The highest BCUT2D eigenvalue weighted by Crippen LogP contribution is 2.28. The molecular formula is C22H29N2O+. The average Bonchev–Trinajstić information content (AvgIpc) is 2.89. The molecule has 3 heteroatoms. The number of para-hydroxylation sites is 2. The first-order valence-corrected chi connectivity index (χ1v) is 9.59. The number of rotatable bonds is 4. The molecule has 0 radical (unpaired) electrons. The Morgan fingerprint density at radius 2 is 1.48 bits per heavy atom. The Labute approximate surface area is 149 Å². The number of nitrogens with zero attached hydrogens (tertiary/aromatic N) is 1. The molecular weight excluding hydrogens is 308 g/mol. The molecule has 1 aliphatic rings. The number of fused-ring (bicyclic) bond motifs is 3. The lowest BCUT2D eigenvalue weighted by Crippen LogP contribution is -3.15. The van der Waals surface area contributed by atoms with Crippen molar-refractivity contribution in [1.82, 2.24) is 4.57 Å². The van der Waals surface area contributed by atoms with Crippen LogP contribution in [0.5, 0.6) is 0 Å². The van der Waals surface area contributed by atoms with Gasteiger partial charge in [0.1, 0.15) is 12.6 Å². The Balaban J connectivity index is 1.59. The van der Waals surface area contributed by atoms with Gasteiger partial charge in [-0.2, -0.15) is 0 Å². The zero-order valence-corrected chi connectivity index (χ0v) is 15.3. The van der Waals surface area contributed by atoms with E-state index in [1.165, 1.54) is 41.3 Å². The van der Waals surface area contributed by atoms with E-state index in [0.29, 0.717) is 6.54 Å². The van der Waals surface area contributed by atoms with Crippen LogP contribution in [0.15, 0.2) is 48.5 Å². The molecule has 3 nitrogen and oxygen atoms in total. The number of aliphatic hydroxyl groups excluding tert-OH is 1. The van der Waals surface area contributed by atoms with Crippen LogP contribution in [0.1, 0.15) is 20.3 Å². The fraction of sp³-hybridized carbons (Fsp3) is 0.455. The third kappa shape index (κ3) is 3.31. The van der Waals surface area contributed by atoms with Gasteiger partial charge in [-0.3, -0.25) is 0 Å². The van der Waals surface area contributed by atoms with Crippen LogP contribution in [-0.2, 0) is 6.54 Å². The van der Waals surface area contributed by atoms with Gasteiger partial charge in [0.05, 0.1) is 19.6 Å². The SMILES string of the molecule is C[C@@H]1C[C@H](C)C[NH+](C[C@H](O)Cn2c3ccccc3c3ccccc32)C1. The Morgan fingerprint density at radius 1 is 0.960 bits per heavy atom. The molecule has 0 saturated carbocycles. The molecule has 1 unspecified atom stereocenters. The van der Waals surface area contributed by atoms with Crippen molar-refractivity contribution >= 4 is 21.8 Å².